The van der Waals surface area contributed by atoms with Gasteiger partial charge in [0, 0.05) is 37.1 Å². The molecule has 122 valence electrons. The Kier molecular flexibility index (Phi) is 4.78. The van der Waals surface area contributed by atoms with Crippen molar-refractivity contribution in [1.82, 2.24) is 19.9 Å². The van der Waals surface area contributed by atoms with E-state index in [1.807, 2.05) is 0 Å². The van der Waals surface area contributed by atoms with E-state index >= 15 is 0 Å². The predicted molar refractivity (Wildman–Crippen MR) is 89.3 cm³/mol. The minimum absolute atomic E-state index is 0.0315. The molecule has 0 saturated heterocycles. The lowest BCUT2D eigenvalue weighted by Crippen LogP contribution is -2.36. The van der Waals surface area contributed by atoms with Gasteiger partial charge < -0.3 is 15.2 Å². The molecular formula is C16H21N5O2. The summed E-state index contributed by atoms with van der Waals surface area (Å²) in [7, 11) is 3.41. The number of nitrogens with one attached hydrogen (secondary N) is 2. The van der Waals surface area contributed by atoms with E-state index < -0.39 is 0 Å². The Morgan fingerprint density at radius 3 is 2.52 bits per heavy atom. The first-order valence-electron chi connectivity index (χ1n) is 7.31. The van der Waals surface area contributed by atoms with Gasteiger partial charge in [0.2, 0.25) is 5.91 Å². The largest absolute Gasteiger partial charge is 0.359 e. The van der Waals surface area contributed by atoms with Crippen molar-refractivity contribution >= 4 is 11.7 Å². The Morgan fingerprint density at radius 1 is 1.30 bits per heavy atom. The molecule has 2 N–H and O–H groups in total. The van der Waals surface area contributed by atoms with Gasteiger partial charge in [-0.3, -0.25) is 9.59 Å². The number of hydrogen-bond donors (Lipinski definition) is 2. The van der Waals surface area contributed by atoms with E-state index in [1.165, 1.54) is 4.90 Å². The van der Waals surface area contributed by atoms with Crippen LogP contribution in [0.15, 0.2) is 23.1 Å². The number of nitrogens with zero attached hydrogens (tertiary/aromatic N) is 3. The van der Waals surface area contributed by atoms with Crippen LogP contribution in [0.4, 0.5) is 5.82 Å². The first-order valence-corrected chi connectivity index (χ1v) is 7.31. The number of pyridine rings is 1. The summed E-state index contributed by atoms with van der Waals surface area (Å²) in [5.41, 5.74) is 1.86. The molecule has 0 aliphatic rings. The van der Waals surface area contributed by atoms with Crippen molar-refractivity contribution in [2.45, 2.75) is 26.8 Å². The van der Waals surface area contributed by atoms with Gasteiger partial charge in [0.1, 0.15) is 17.7 Å². The van der Waals surface area contributed by atoms with Crippen molar-refractivity contribution in [3.05, 3.63) is 39.9 Å². The number of aromatic nitrogens is 3. The molecule has 23 heavy (non-hydrogen) atoms. The van der Waals surface area contributed by atoms with Crippen molar-refractivity contribution in [1.29, 1.82) is 0 Å². The lowest BCUT2D eigenvalue weighted by atomic mass is 10.2. The molecule has 0 unspecified atom stereocenters. The number of rotatable bonds is 4. The molecule has 2 heterocycles. The zero-order valence-corrected chi connectivity index (χ0v) is 14.0. The van der Waals surface area contributed by atoms with Crippen molar-refractivity contribution < 1.29 is 4.79 Å². The highest BCUT2D eigenvalue weighted by molar-refractivity contribution is 5.83. The number of carbonyl (C=O) groups excluding carboxylic acids is 1. The average molecular weight is 315 g/mol. The third-order valence-corrected chi connectivity index (χ3v) is 3.61. The van der Waals surface area contributed by atoms with E-state index in [0.717, 1.165) is 0 Å². The van der Waals surface area contributed by atoms with Crippen LogP contribution in [0.3, 0.4) is 0 Å². The highest BCUT2D eigenvalue weighted by Gasteiger charge is 2.15. The Balaban J connectivity index is 2.20. The maximum Gasteiger partial charge on any atom is 0.254 e. The Bertz CT molecular complexity index is 765. The van der Waals surface area contributed by atoms with Gasteiger partial charge in [0.25, 0.3) is 5.56 Å². The second-order valence-electron chi connectivity index (χ2n) is 5.66. The second-order valence-corrected chi connectivity index (χ2v) is 5.66. The number of carbonyl (C=O) groups is 1. The van der Waals surface area contributed by atoms with Crippen LogP contribution in [0.25, 0.3) is 11.4 Å². The summed E-state index contributed by atoms with van der Waals surface area (Å²) in [4.78, 5) is 36.5. The molecule has 0 aromatic carbocycles. The van der Waals surface area contributed by atoms with Crippen molar-refractivity contribution in [3.63, 3.8) is 0 Å². The number of likely N-dealkylation sites (N-methyl/N-ethyl adjacent to an activating group) is 1. The molecular weight excluding hydrogens is 294 g/mol. The predicted octanol–water partition coefficient (Wildman–Crippen LogP) is 1.34. The first-order chi connectivity index (χ1) is 10.8. The summed E-state index contributed by atoms with van der Waals surface area (Å²) in [5, 5.41) is 3.04. The molecule has 2 rings (SSSR count). The summed E-state index contributed by atoms with van der Waals surface area (Å²) < 4.78 is 0. The third-order valence-electron chi connectivity index (χ3n) is 3.61. The summed E-state index contributed by atoms with van der Waals surface area (Å²) in [6.45, 7) is 5.31. The molecule has 0 aliphatic carbocycles. The highest BCUT2D eigenvalue weighted by atomic mass is 16.2. The average Bonchev–Trinajstić information content (AvgIpc) is 2.51. The van der Waals surface area contributed by atoms with Crippen LogP contribution >= 0.6 is 0 Å². The Hall–Kier alpha value is -2.70. The summed E-state index contributed by atoms with van der Waals surface area (Å²) >= 11 is 0. The summed E-state index contributed by atoms with van der Waals surface area (Å²) in [6.07, 6.45) is 1.61. The van der Waals surface area contributed by atoms with Crippen LogP contribution in [-0.4, -0.2) is 45.9 Å². The van der Waals surface area contributed by atoms with E-state index in [0.29, 0.717) is 28.5 Å². The smallest absolute Gasteiger partial charge is 0.254 e. The molecule has 0 fully saturated rings. The topological polar surface area (TPSA) is 91.0 Å². The molecule has 0 spiro atoms. The van der Waals surface area contributed by atoms with Gasteiger partial charge in [0.15, 0.2) is 0 Å². The van der Waals surface area contributed by atoms with E-state index in [2.05, 4.69) is 20.3 Å². The van der Waals surface area contributed by atoms with Crippen LogP contribution < -0.4 is 10.9 Å². The van der Waals surface area contributed by atoms with E-state index in [1.54, 1.807) is 53.2 Å². The second kappa shape index (κ2) is 6.60. The van der Waals surface area contributed by atoms with E-state index in [9.17, 15) is 9.59 Å². The fourth-order valence-corrected chi connectivity index (χ4v) is 2.07. The van der Waals surface area contributed by atoms with Gasteiger partial charge in [0.05, 0.1) is 0 Å². The molecule has 7 heteroatoms. The van der Waals surface area contributed by atoms with Gasteiger partial charge in [-0.15, -0.1) is 0 Å². The SMILES string of the molecule is Cc1nc(-c2ccc(N[C@@H](C)C(=O)N(C)C)nc2)[nH]c(=O)c1C. The minimum atomic E-state index is -0.372. The normalized spacial score (nSPS) is 11.9. The third kappa shape index (κ3) is 3.74. The molecule has 0 saturated carbocycles. The maximum absolute atomic E-state index is 11.8. The Morgan fingerprint density at radius 2 is 2.00 bits per heavy atom. The standard InChI is InChI=1S/C16H21N5O2/c1-9-10(2)19-14(20-15(9)22)12-6-7-13(17-8-12)18-11(3)16(23)21(4)5/h6-8,11H,1-5H3,(H,17,18)(H,19,20,22)/t11-/m0/s1. The number of anilines is 1. The monoisotopic (exact) mass is 315 g/mol. The molecule has 1 amide bonds. The van der Waals surface area contributed by atoms with Crippen molar-refractivity contribution in [3.8, 4) is 11.4 Å². The quantitative estimate of drug-likeness (QED) is 0.888. The Labute approximate surface area is 134 Å². The molecule has 2 aromatic rings. The van der Waals surface area contributed by atoms with Crippen LogP contribution in [0.1, 0.15) is 18.2 Å². The van der Waals surface area contributed by atoms with E-state index in [-0.39, 0.29) is 17.5 Å². The lowest BCUT2D eigenvalue weighted by molar-refractivity contribution is -0.129. The fourth-order valence-electron chi connectivity index (χ4n) is 2.07. The van der Waals surface area contributed by atoms with Crippen LogP contribution in [-0.2, 0) is 4.79 Å². The van der Waals surface area contributed by atoms with Crippen LogP contribution in [0.2, 0.25) is 0 Å². The van der Waals surface area contributed by atoms with Crippen LogP contribution in [0.5, 0.6) is 0 Å². The van der Waals surface area contributed by atoms with Gasteiger partial charge in [-0.25, -0.2) is 9.97 Å². The molecule has 1 atom stereocenters. The van der Waals surface area contributed by atoms with Gasteiger partial charge in [-0.2, -0.15) is 0 Å². The highest BCUT2D eigenvalue weighted by Crippen LogP contribution is 2.16. The van der Waals surface area contributed by atoms with Crippen LogP contribution in [0, 0.1) is 13.8 Å². The van der Waals surface area contributed by atoms with Gasteiger partial charge >= 0.3 is 0 Å². The molecule has 0 aliphatic heterocycles. The minimum Gasteiger partial charge on any atom is -0.359 e. The van der Waals surface area contributed by atoms with E-state index in [4.69, 9.17) is 0 Å². The molecule has 7 nitrogen and oxygen atoms in total. The number of H-pyrrole nitrogens is 1. The van der Waals surface area contributed by atoms with Gasteiger partial charge in [-0.05, 0) is 32.9 Å². The van der Waals surface area contributed by atoms with Crippen molar-refractivity contribution in [2.75, 3.05) is 19.4 Å². The summed E-state index contributed by atoms with van der Waals surface area (Å²) in [6, 6.07) is 3.18. The number of amides is 1. The molecule has 0 bridgehead atoms. The summed E-state index contributed by atoms with van der Waals surface area (Å²) in [5.74, 6) is 1.04. The zero-order chi connectivity index (χ0) is 17.1. The van der Waals surface area contributed by atoms with Gasteiger partial charge in [-0.1, -0.05) is 0 Å². The van der Waals surface area contributed by atoms with Crippen molar-refractivity contribution in [2.24, 2.45) is 0 Å². The fraction of sp³-hybridized carbons (Fsp3) is 0.375. The number of aromatic amines is 1. The maximum atomic E-state index is 11.8. The number of hydrogen-bond acceptors (Lipinski definition) is 5. The zero-order valence-electron chi connectivity index (χ0n) is 14.0. The lowest BCUT2D eigenvalue weighted by Gasteiger charge is -2.18. The first kappa shape index (κ1) is 16.7. The molecule has 2 aromatic heterocycles. The molecule has 0 radical (unpaired) electrons. The number of aryl methyl sites for hydroxylation is 1.